The lowest BCUT2D eigenvalue weighted by Crippen LogP contribution is -2.44. The molecule has 6 heteroatoms. The third-order valence-electron chi connectivity index (χ3n) is 3.13. The van der Waals surface area contributed by atoms with Crippen LogP contribution in [0.2, 0.25) is 0 Å². The fourth-order valence-electron chi connectivity index (χ4n) is 2.19. The Morgan fingerprint density at radius 1 is 1.72 bits per heavy atom. The Balaban J connectivity index is 1.74. The second kappa shape index (κ2) is 6.15. The van der Waals surface area contributed by atoms with E-state index in [2.05, 4.69) is 10.3 Å². The van der Waals surface area contributed by atoms with Crippen LogP contribution in [0.4, 0.5) is 4.79 Å². The summed E-state index contributed by atoms with van der Waals surface area (Å²) < 4.78 is 0. The Morgan fingerprint density at radius 2 is 2.56 bits per heavy atom. The van der Waals surface area contributed by atoms with E-state index in [1.807, 2.05) is 13.1 Å². The van der Waals surface area contributed by atoms with Gasteiger partial charge in [-0.1, -0.05) is 0 Å². The second-order valence-corrected chi connectivity index (χ2v) is 5.84. The van der Waals surface area contributed by atoms with E-state index in [-0.39, 0.29) is 18.7 Å². The maximum absolute atomic E-state index is 11.9. The standard InChI is InChI=1S/C12H19N3O2S/c1-9-7-14-11(18-9)4-5-13-12(17)15-6-2-3-10(15)8-16/h7,10,16H,2-6,8H2,1H3,(H,13,17)/t10-/m0/s1. The number of aliphatic hydroxyl groups is 1. The Hall–Kier alpha value is -1.14. The molecule has 2 rings (SSSR count). The highest BCUT2D eigenvalue weighted by atomic mass is 32.1. The summed E-state index contributed by atoms with van der Waals surface area (Å²) in [6.45, 7) is 3.42. The van der Waals surface area contributed by atoms with Gasteiger partial charge < -0.3 is 15.3 Å². The fourth-order valence-corrected chi connectivity index (χ4v) is 2.97. The predicted octanol–water partition coefficient (Wildman–Crippen LogP) is 1.16. The van der Waals surface area contributed by atoms with Gasteiger partial charge in [-0.3, -0.25) is 0 Å². The molecule has 0 spiro atoms. The van der Waals surface area contributed by atoms with Gasteiger partial charge in [0.2, 0.25) is 0 Å². The van der Waals surface area contributed by atoms with Crippen LogP contribution < -0.4 is 5.32 Å². The minimum Gasteiger partial charge on any atom is -0.394 e. The lowest BCUT2D eigenvalue weighted by Gasteiger charge is -2.23. The number of aliphatic hydroxyl groups excluding tert-OH is 1. The van der Waals surface area contributed by atoms with Crippen molar-refractivity contribution in [2.75, 3.05) is 19.7 Å². The maximum Gasteiger partial charge on any atom is 0.317 e. The molecule has 0 aromatic carbocycles. The van der Waals surface area contributed by atoms with Crippen LogP contribution in [0.25, 0.3) is 0 Å². The van der Waals surface area contributed by atoms with E-state index >= 15 is 0 Å². The molecule has 18 heavy (non-hydrogen) atoms. The van der Waals surface area contributed by atoms with E-state index in [0.717, 1.165) is 30.8 Å². The minimum atomic E-state index is -0.0696. The molecular formula is C12H19N3O2S. The first kappa shape index (κ1) is 13.3. The highest BCUT2D eigenvalue weighted by Crippen LogP contribution is 2.16. The molecule has 1 fully saturated rings. The van der Waals surface area contributed by atoms with Crippen LogP contribution in [0.15, 0.2) is 6.20 Å². The number of thiazole rings is 1. The van der Waals surface area contributed by atoms with Gasteiger partial charge in [0, 0.05) is 30.6 Å². The molecular weight excluding hydrogens is 250 g/mol. The largest absolute Gasteiger partial charge is 0.394 e. The van der Waals surface area contributed by atoms with Crippen LogP contribution in [0.1, 0.15) is 22.7 Å². The summed E-state index contributed by atoms with van der Waals surface area (Å²) in [6, 6.07) is -0.0769. The van der Waals surface area contributed by atoms with Gasteiger partial charge in [-0.05, 0) is 19.8 Å². The molecule has 2 N–H and O–H groups in total. The molecule has 1 aliphatic heterocycles. The topological polar surface area (TPSA) is 65.5 Å². The minimum absolute atomic E-state index is 0.00731. The molecule has 1 saturated heterocycles. The zero-order chi connectivity index (χ0) is 13.0. The normalized spacial score (nSPS) is 19.2. The van der Waals surface area contributed by atoms with Crippen molar-refractivity contribution in [3.63, 3.8) is 0 Å². The van der Waals surface area contributed by atoms with Crippen molar-refractivity contribution >= 4 is 17.4 Å². The van der Waals surface area contributed by atoms with Gasteiger partial charge >= 0.3 is 6.03 Å². The van der Waals surface area contributed by atoms with Crippen LogP contribution in [-0.4, -0.2) is 46.8 Å². The van der Waals surface area contributed by atoms with Crippen molar-refractivity contribution in [2.24, 2.45) is 0 Å². The van der Waals surface area contributed by atoms with Gasteiger partial charge in [0.15, 0.2) is 0 Å². The van der Waals surface area contributed by atoms with Crippen molar-refractivity contribution < 1.29 is 9.90 Å². The fraction of sp³-hybridized carbons (Fsp3) is 0.667. The Labute approximate surface area is 111 Å². The van der Waals surface area contributed by atoms with E-state index in [4.69, 9.17) is 5.11 Å². The van der Waals surface area contributed by atoms with Gasteiger partial charge in [0.25, 0.3) is 0 Å². The van der Waals surface area contributed by atoms with Gasteiger partial charge in [0.05, 0.1) is 17.7 Å². The van der Waals surface area contributed by atoms with Crippen LogP contribution in [0.5, 0.6) is 0 Å². The lowest BCUT2D eigenvalue weighted by molar-refractivity contribution is 0.157. The first-order valence-corrected chi connectivity index (χ1v) is 7.09. The van der Waals surface area contributed by atoms with E-state index in [9.17, 15) is 4.79 Å². The quantitative estimate of drug-likeness (QED) is 0.862. The summed E-state index contributed by atoms with van der Waals surface area (Å²) in [5.74, 6) is 0. The number of rotatable bonds is 4. The number of amides is 2. The Morgan fingerprint density at radius 3 is 3.22 bits per heavy atom. The average Bonchev–Trinajstić information content (AvgIpc) is 2.97. The van der Waals surface area contributed by atoms with Crippen molar-refractivity contribution in [3.8, 4) is 0 Å². The van der Waals surface area contributed by atoms with Crippen molar-refractivity contribution in [1.82, 2.24) is 15.2 Å². The molecule has 1 atom stereocenters. The molecule has 1 aliphatic rings. The van der Waals surface area contributed by atoms with Crippen molar-refractivity contribution in [1.29, 1.82) is 0 Å². The number of hydrogen-bond donors (Lipinski definition) is 2. The molecule has 1 aromatic rings. The zero-order valence-corrected chi connectivity index (χ0v) is 11.4. The molecule has 100 valence electrons. The summed E-state index contributed by atoms with van der Waals surface area (Å²) in [5, 5.41) is 13.1. The number of hydrogen-bond acceptors (Lipinski definition) is 4. The highest BCUT2D eigenvalue weighted by molar-refractivity contribution is 7.11. The number of likely N-dealkylation sites (tertiary alicyclic amines) is 1. The zero-order valence-electron chi connectivity index (χ0n) is 10.6. The van der Waals surface area contributed by atoms with Crippen LogP contribution in [0, 0.1) is 6.92 Å². The SMILES string of the molecule is Cc1cnc(CCNC(=O)N2CCC[C@H]2CO)s1. The molecule has 0 unspecified atom stereocenters. The Kier molecular flexibility index (Phi) is 4.54. The van der Waals surface area contributed by atoms with Crippen molar-refractivity contribution in [3.05, 3.63) is 16.1 Å². The van der Waals surface area contributed by atoms with E-state index in [1.165, 1.54) is 4.88 Å². The first-order chi connectivity index (χ1) is 8.70. The van der Waals surface area contributed by atoms with E-state index in [0.29, 0.717) is 6.54 Å². The number of nitrogens with one attached hydrogen (secondary N) is 1. The van der Waals surface area contributed by atoms with Crippen LogP contribution in [0.3, 0.4) is 0 Å². The monoisotopic (exact) mass is 269 g/mol. The molecule has 1 aromatic heterocycles. The highest BCUT2D eigenvalue weighted by Gasteiger charge is 2.27. The number of aromatic nitrogens is 1. The van der Waals surface area contributed by atoms with Crippen LogP contribution in [-0.2, 0) is 6.42 Å². The van der Waals surface area contributed by atoms with Gasteiger partial charge in [-0.15, -0.1) is 11.3 Å². The maximum atomic E-state index is 11.9. The molecule has 2 amide bonds. The third-order valence-corrected chi connectivity index (χ3v) is 4.11. The average molecular weight is 269 g/mol. The first-order valence-electron chi connectivity index (χ1n) is 6.27. The molecule has 5 nitrogen and oxygen atoms in total. The summed E-state index contributed by atoms with van der Waals surface area (Å²) in [7, 11) is 0. The van der Waals surface area contributed by atoms with E-state index in [1.54, 1.807) is 16.2 Å². The smallest absolute Gasteiger partial charge is 0.317 e. The summed E-state index contributed by atoms with van der Waals surface area (Å²) in [6.07, 6.45) is 4.49. The number of carbonyl (C=O) groups excluding carboxylic acids is 1. The number of aryl methyl sites for hydroxylation is 1. The third kappa shape index (κ3) is 3.20. The van der Waals surface area contributed by atoms with Gasteiger partial charge in [-0.25, -0.2) is 9.78 Å². The summed E-state index contributed by atoms with van der Waals surface area (Å²) >= 11 is 1.66. The molecule has 0 saturated carbocycles. The van der Waals surface area contributed by atoms with Crippen LogP contribution >= 0.6 is 11.3 Å². The van der Waals surface area contributed by atoms with Gasteiger partial charge in [0.1, 0.15) is 0 Å². The van der Waals surface area contributed by atoms with Crippen molar-refractivity contribution in [2.45, 2.75) is 32.2 Å². The van der Waals surface area contributed by atoms with Gasteiger partial charge in [-0.2, -0.15) is 0 Å². The molecule has 0 bridgehead atoms. The number of urea groups is 1. The molecule has 0 radical (unpaired) electrons. The lowest BCUT2D eigenvalue weighted by atomic mass is 10.2. The number of nitrogens with zero attached hydrogens (tertiary/aromatic N) is 2. The molecule has 2 heterocycles. The summed E-state index contributed by atoms with van der Waals surface area (Å²) in [5.41, 5.74) is 0. The van der Waals surface area contributed by atoms with E-state index < -0.39 is 0 Å². The Bertz CT molecular complexity index is 408. The summed E-state index contributed by atoms with van der Waals surface area (Å²) in [4.78, 5) is 19.1. The molecule has 0 aliphatic carbocycles. The number of carbonyl (C=O) groups is 1. The predicted molar refractivity (Wildman–Crippen MR) is 70.8 cm³/mol. The second-order valence-electron chi connectivity index (χ2n) is 4.52.